The third-order valence-electron chi connectivity index (χ3n) is 7.01. The molecule has 1 heterocycles. The topological polar surface area (TPSA) is 100 Å². The van der Waals surface area contributed by atoms with E-state index in [1.54, 1.807) is 48.2 Å². The molecule has 0 atom stereocenters. The minimum Gasteiger partial charge on any atom is -0.497 e. The normalized spacial score (nSPS) is 10.6. The first-order valence-corrected chi connectivity index (χ1v) is 13.8. The van der Waals surface area contributed by atoms with E-state index in [1.807, 2.05) is 73.7 Å². The lowest BCUT2D eigenvalue weighted by Gasteiger charge is -2.24. The Balaban J connectivity index is 1.62. The van der Waals surface area contributed by atoms with Crippen LogP contribution in [0.4, 0.5) is 0 Å². The molecule has 1 aromatic heterocycles. The average molecular weight is 566 g/mol. The number of hydrogen-bond acceptors (Lipinski definition) is 5. The number of pyridine rings is 1. The number of methoxy groups -OCH3 is 1. The molecule has 1 N–H and O–H groups in total. The van der Waals surface area contributed by atoms with Crippen LogP contribution >= 0.6 is 0 Å². The summed E-state index contributed by atoms with van der Waals surface area (Å²) in [6, 6.07) is 27.6. The molecular formula is C34H35N3O5. The van der Waals surface area contributed by atoms with Gasteiger partial charge in [-0.25, -0.2) is 0 Å². The lowest BCUT2D eigenvalue weighted by atomic mass is 9.94. The van der Waals surface area contributed by atoms with E-state index in [9.17, 15) is 19.5 Å². The van der Waals surface area contributed by atoms with Gasteiger partial charge in [-0.05, 0) is 66.4 Å². The van der Waals surface area contributed by atoms with Crippen LogP contribution in [0.2, 0.25) is 0 Å². The van der Waals surface area contributed by atoms with E-state index in [4.69, 9.17) is 4.74 Å². The molecule has 0 aliphatic heterocycles. The maximum Gasteiger partial charge on any atom is 0.305 e. The molecule has 0 saturated heterocycles. The summed E-state index contributed by atoms with van der Waals surface area (Å²) in [7, 11) is 3.33. The first kappa shape index (κ1) is 30.0. The third kappa shape index (κ3) is 7.60. The second-order valence-corrected chi connectivity index (χ2v) is 10.1. The van der Waals surface area contributed by atoms with Gasteiger partial charge in [-0.2, -0.15) is 0 Å². The number of amides is 2. The van der Waals surface area contributed by atoms with Crippen LogP contribution in [0, 0.1) is 6.92 Å². The Kier molecular flexibility index (Phi) is 10.1. The minimum absolute atomic E-state index is 0.0610. The maximum atomic E-state index is 14.0. The molecule has 0 fully saturated rings. The van der Waals surface area contributed by atoms with Gasteiger partial charge in [0.1, 0.15) is 5.75 Å². The number of aliphatic carboxylic acids is 1. The second kappa shape index (κ2) is 14.1. The summed E-state index contributed by atoms with van der Waals surface area (Å²) in [5.74, 6) is -0.730. The smallest absolute Gasteiger partial charge is 0.305 e. The average Bonchev–Trinajstić information content (AvgIpc) is 3.00. The van der Waals surface area contributed by atoms with Crippen LogP contribution in [-0.4, -0.2) is 64.9 Å². The predicted molar refractivity (Wildman–Crippen MR) is 162 cm³/mol. The second-order valence-electron chi connectivity index (χ2n) is 10.1. The fourth-order valence-electron chi connectivity index (χ4n) is 4.79. The molecule has 0 radical (unpaired) electrons. The van der Waals surface area contributed by atoms with Gasteiger partial charge >= 0.3 is 5.97 Å². The van der Waals surface area contributed by atoms with Crippen LogP contribution < -0.4 is 4.74 Å². The number of aromatic nitrogens is 1. The van der Waals surface area contributed by atoms with Gasteiger partial charge in [-0.1, -0.05) is 54.6 Å². The van der Waals surface area contributed by atoms with E-state index in [0.29, 0.717) is 41.8 Å². The Bertz CT molecular complexity index is 1550. The van der Waals surface area contributed by atoms with Gasteiger partial charge in [0.2, 0.25) is 0 Å². The fourth-order valence-corrected chi connectivity index (χ4v) is 4.79. The molecule has 216 valence electrons. The quantitative estimate of drug-likeness (QED) is 0.244. The molecule has 0 spiro atoms. The van der Waals surface area contributed by atoms with Crippen molar-refractivity contribution in [2.45, 2.75) is 26.3 Å². The van der Waals surface area contributed by atoms with Gasteiger partial charge in [0.25, 0.3) is 11.8 Å². The molecule has 0 bridgehead atoms. The van der Waals surface area contributed by atoms with Crippen LogP contribution in [0.3, 0.4) is 0 Å². The van der Waals surface area contributed by atoms with Crippen LogP contribution in [0.1, 0.15) is 44.1 Å². The molecular weight excluding hydrogens is 530 g/mol. The van der Waals surface area contributed by atoms with Crippen molar-refractivity contribution in [1.82, 2.24) is 14.8 Å². The highest BCUT2D eigenvalue weighted by molar-refractivity contribution is 6.06. The van der Waals surface area contributed by atoms with Crippen LogP contribution in [0.15, 0.2) is 91.0 Å². The van der Waals surface area contributed by atoms with E-state index in [1.165, 1.54) is 0 Å². The van der Waals surface area contributed by atoms with Crippen molar-refractivity contribution < 1.29 is 24.2 Å². The SMILES string of the molecule is COc1ccc(CCN(CCC(=O)O)C(=O)c2ccccc2-c2ccccc2C(=O)N(C)Cc2cccc(C)n2)cc1. The number of benzene rings is 3. The van der Waals surface area contributed by atoms with Gasteiger partial charge < -0.3 is 19.6 Å². The van der Waals surface area contributed by atoms with Gasteiger partial charge in [0, 0.05) is 37.0 Å². The first-order valence-electron chi connectivity index (χ1n) is 13.8. The van der Waals surface area contributed by atoms with Gasteiger partial charge in [0.15, 0.2) is 0 Å². The van der Waals surface area contributed by atoms with Crippen molar-refractivity contribution in [2.75, 3.05) is 27.2 Å². The number of nitrogens with zero attached hydrogens (tertiary/aromatic N) is 3. The minimum atomic E-state index is -0.979. The van der Waals surface area contributed by atoms with E-state index < -0.39 is 5.97 Å². The number of aryl methyl sites for hydroxylation is 1. The third-order valence-corrected chi connectivity index (χ3v) is 7.01. The number of carboxylic acids is 1. The van der Waals surface area contributed by atoms with Crippen molar-refractivity contribution in [2.24, 2.45) is 0 Å². The highest BCUT2D eigenvalue weighted by Gasteiger charge is 2.24. The predicted octanol–water partition coefficient (Wildman–Crippen LogP) is 5.50. The lowest BCUT2D eigenvalue weighted by molar-refractivity contribution is -0.137. The summed E-state index contributed by atoms with van der Waals surface area (Å²) in [6.45, 7) is 2.64. The van der Waals surface area contributed by atoms with Crippen LogP contribution in [-0.2, 0) is 17.8 Å². The number of carbonyl (C=O) groups is 3. The molecule has 0 aliphatic rings. The summed E-state index contributed by atoms with van der Waals surface area (Å²) in [5, 5.41) is 9.36. The molecule has 4 aromatic rings. The van der Waals surface area contributed by atoms with Gasteiger partial charge in [-0.3, -0.25) is 19.4 Å². The zero-order valence-electron chi connectivity index (χ0n) is 24.1. The zero-order valence-corrected chi connectivity index (χ0v) is 24.1. The molecule has 42 heavy (non-hydrogen) atoms. The number of ether oxygens (including phenoxy) is 1. The van der Waals surface area contributed by atoms with E-state index in [0.717, 1.165) is 22.7 Å². The Labute approximate surface area is 246 Å². The Hall–Kier alpha value is -4.98. The Morgan fingerprint density at radius 2 is 1.40 bits per heavy atom. The number of carboxylic acid groups (broad SMARTS) is 1. The van der Waals surface area contributed by atoms with Crippen LogP contribution in [0.25, 0.3) is 11.1 Å². The maximum absolute atomic E-state index is 14.0. The van der Waals surface area contributed by atoms with E-state index in [2.05, 4.69) is 4.98 Å². The summed E-state index contributed by atoms with van der Waals surface area (Å²) in [4.78, 5) is 46.7. The lowest BCUT2D eigenvalue weighted by Crippen LogP contribution is -2.35. The van der Waals surface area contributed by atoms with Crippen molar-refractivity contribution in [3.05, 3.63) is 119 Å². The van der Waals surface area contributed by atoms with E-state index >= 15 is 0 Å². The van der Waals surface area contributed by atoms with Gasteiger partial charge in [0.05, 0.1) is 25.8 Å². The van der Waals surface area contributed by atoms with Crippen LogP contribution in [0.5, 0.6) is 5.75 Å². The molecule has 8 heteroatoms. The molecule has 0 saturated carbocycles. The first-order chi connectivity index (χ1) is 20.3. The monoisotopic (exact) mass is 565 g/mol. The standard InChI is InChI=1S/C34H35N3O5/c1-24-9-8-10-26(35-24)23-36(2)33(40)30-13-6-4-11-28(30)29-12-5-7-14-31(29)34(41)37(22-20-32(38)39)21-19-25-15-17-27(42-3)18-16-25/h4-18H,19-23H2,1-3H3,(H,38,39). The molecule has 3 aromatic carbocycles. The van der Waals surface area contributed by atoms with Crippen molar-refractivity contribution in [3.63, 3.8) is 0 Å². The zero-order chi connectivity index (χ0) is 30.1. The number of carbonyl (C=O) groups excluding carboxylic acids is 2. The summed E-state index contributed by atoms with van der Waals surface area (Å²) in [5.41, 5.74) is 4.76. The molecule has 0 aliphatic carbocycles. The number of rotatable bonds is 12. The largest absolute Gasteiger partial charge is 0.497 e. The summed E-state index contributed by atoms with van der Waals surface area (Å²) < 4.78 is 5.23. The molecule has 0 unspecified atom stereocenters. The highest BCUT2D eigenvalue weighted by Crippen LogP contribution is 2.29. The van der Waals surface area contributed by atoms with Crippen molar-refractivity contribution in [1.29, 1.82) is 0 Å². The van der Waals surface area contributed by atoms with Crippen molar-refractivity contribution in [3.8, 4) is 16.9 Å². The Morgan fingerprint density at radius 3 is 2.00 bits per heavy atom. The molecule has 4 rings (SSSR count). The highest BCUT2D eigenvalue weighted by atomic mass is 16.5. The molecule has 2 amide bonds. The van der Waals surface area contributed by atoms with Crippen molar-refractivity contribution >= 4 is 17.8 Å². The Morgan fingerprint density at radius 1 is 0.786 bits per heavy atom. The fraction of sp³-hybridized carbons (Fsp3) is 0.235. The van der Waals surface area contributed by atoms with Gasteiger partial charge in [-0.15, -0.1) is 0 Å². The number of hydrogen-bond donors (Lipinski definition) is 1. The summed E-state index contributed by atoms with van der Waals surface area (Å²) >= 11 is 0. The molecule has 8 nitrogen and oxygen atoms in total. The summed E-state index contributed by atoms with van der Waals surface area (Å²) in [6.07, 6.45) is 0.369. The van der Waals surface area contributed by atoms with E-state index in [-0.39, 0.29) is 24.8 Å².